The monoisotopic (exact) mass is 182 g/mol. The molecule has 0 radical (unpaired) electrons. The Morgan fingerprint density at radius 3 is 2.50 bits per heavy atom. The Morgan fingerprint density at radius 1 is 1.60 bits per heavy atom. The number of hydrogen-bond donors (Lipinski definition) is 0. The van der Waals surface area contributed by atoms with Crippen LogP contribution in [0.25, 0.3) is 0 Å². The van der Waals surface area contributed by atoms with Gasteiger partial charge < -0.3 is 4.74 Å². The van der Waals surface area contributed by atoms with E-state index in [2.05, 4.69) is 4.74 Å². The van der Waals surface area contributed by atoms with Gasteiger partial charge in [-0.15, -0.1) is 0 Å². The number of alkyl halides is 1. The van der Waals surface area contributed by atoms with Crippen LogP contribution < -0.4 is 0 Å². The van der Waals surface area contributed by atoms with Crippen molar-refractivity contribution in [2.75, 3.05) is 0 Å². The molecule has 1 aliphatic rings. The van der Waals surface area contributed by atoms with Crippen molar-refractivity contribution in [2.24, 2.45) is 5.92 Å². The number of ether oxygens (including phenoxy) is 1. The quantitative estimate of drug-likeness (QED) is 0.485. The standard InChI is InChI=1S/C6H8Cl2O2/c7-5(10-6(8)9)4-2-1-3-4/h4-5H,1-3H2. The Balaban J connectivity index is 2.19. The fourth-order valence-electron chi connectivity index (χ4n) is 0.887. The van der Waals surface area contributed by atoms with Gasteiger partial charge in [0, 0.05) is 17.5 Å². The topological polar surface area (TPSA) is 26.3 Å². The van der Waals surface area contributed by atoms with Gasteiger partial charge in [0.1, 0.15) is 0 Å². The van der Waals surface area contributed by atoms with Crippen LogP contribution in [0.15, 0.2) is 0 Å². The summed E-state index contributed by atoms with van der Waals surface area (Å²) in [6.45, 7) is 0. The summed E-state index contributed by atoms with van der Waals surface area (Å²) < 4.78 is 4.55. The van der Waals surface area contributed by atoms with Crippen molar-refractivity contribution in [1.29, 1.82) is 0 Å². The van der Waals surface area contributed by atoms with Crippen molar-refractivity contribution in [2.45, 2.75) is 24.8 Å². The van der Waals surface area contributed by atoms with Crippen LogP contribution in [-0.2, 0) is 4.74 Å². The highest BCUT2D eigenvalue weighted by Crippen LogP contribution is 2.33. The van der Waals surface area contributed by atoms with Crippen molar-refractivity contribution in [3.05, 3.63) is 0 Å². The molecule has 0 amide bonds. The first-order chi connectivity index (χ1) is 4.70. The minimum Gasteiger partial charge on any atom is -0.434 e. The van der Waals surface area contributed by atoms with Crippen LogP contribution in [0.5, 0.6) is 0 Å². The third-order valence-electron chi connectivity index (χ3n) is 1.73. The van der Waals surface area contributed by atoms with Gasteiger partial charge in [-0.2, -0.15) is 0 Å². The molecule has 1 fully saturated rings. The van der Waals surface area contributed by atoms with E-state index < -0.39 is 11.0 Å². The molecule has 58 valence electrons. The predicted octanol–water partition coefficient (Wildman–Crippen LogP) is 2.73. The predicted molar refractivity (Wildman–Crippen MR) is 39.3 cm³/mol. The zero-order valence-corrected chi connectivity index (χ0v) is 6.86. The van der Waals surface area contributed by atoms with Gasteiger partial charge >= 0.3 is 5.43 Å². The smallest absolute Gasteiger partial charge is 0.405 e. The molecule has 1 saturated carbocycles. The first-order valence-electron chi connectivity index (χ1n) is 3.20. The maximum atomic E-state index is 10.2. The number of carbonyl (C=O) groups is 1. The normalized spacial score (nSPS) is 21.4. The fourth-order valence-corrected chi connectivity index (χ4v) is 1.36. The summed E-state index contributed by atoms with van der Waals surface area (Å²) in [5.41, 5.74) is -1.33. The minimum atomic E-state index is -0.813. The molecule has 1 atom stereocenters. The van der Waals surface area contributed by atoms with Gasteiger partial charge in [-0.1, -0.05) is 18.0 Å². The molecule has 1 rings (SSSR count). The van der Waals surface area contributed by atoms with Gasteiger partial charge in [0.25, 0.3) is 0 Å². The largest absolute Gasteiger partial charge is 0.434 e. The SMILES string of the molecule is O=C(Cl)OC(Cl)C1CCC1. The van der Waals surface area contributed by atoms with Crippen molar-refractivity contribution < 1.29 is 9.53 Å². The fraction of sp³-hybridized carbons (Fsp3) is 0.833. The number of hydrogen-bond acceptors (Lipinski definition) is 2. The molecule has 0 saturated heterocycles. The van der Waals surface area contributed by atoms with Crippen LogP contribution in [-0.4, -0.2) is 11.0 Å². The lowest BCUT2D eigenvalue weighted by atomic mass is 9.86. The van der Waals surface area contributed by atoms with E-state index in [0.29, 0.717) is 5.92 Å². The van der Waals surface area contributed by atoms with Gasteiger partial charge in [0.15, 0.2) is 5.56 Å². The molecule has 0 bridgehead atoms. The molecular weight excluding hydrogens is 175 g/mol. The third-order valence-corrected chi connectivity index (χ3v) is 2.26. The summed E-state index contributed by atoms with van der Waals surface area (Å²) in [5, 5.41) is 0. The Hall–Kier alpha value is 0.0500. The Kier molecular flexibility index (Phi) is 2.81. The van der Waals surface area contributed by atoms with Crippen LogP contribution >= 0.6 is 23.2 Å². The average Bonchev–Trinajstić information content (AvgIpc) is 1.55. The van der Waals surface area contributed by atoms with E-state index in [1.54, 1.807) is 0 Å². The second-order valence-corrected chi connectivity index (χ2v) is 3.14. The summed E-state index contributed by atoms with van der Waals surface area (Å²) in [6, 6.07) is 0. The van der Waals surface area contributed by atoms with Crippen LogP contribution in [0.3, 0.4) is 0 Å². The molecule has 0 spiro atoms. The molecule has 0 heterocycles. The number of rotatable bonds is 2. The second kappa shape index (κ2) is 3.44. The lowest BCUT2D eigenvalue weighted by Gasteiger charge is -2.28. The zero-order valence-electron chi connectivity index (χ0n) is 5.35. The van der Waals surface area contributed by atoms with Crippen molar-refractivity contribution in [3.63, 3.8) is 0 Å². The van der Waals surface area contributed by atoms with Crippen LogP contribution in [0.1, 0.15) is 19.3 Å². The highest BCUT2D eigenvalue weighted by atomic mass is 35.5. The average molecular weight is 183 g/mol. The Morgan fingerprint density at radius 2 is 2.20 bits per heavy atom. The van der Waals surface area contributed by atoms with Crippen molar-refractivity contribution >= 4 is 28.6 Å². The summed E-state index contributed by atoms with van der Waals surface area (Å²) in [6.07, 6.45) is 3.25. The van der Waals surface area contributed by atoms with E-state index in [0.717, 1.165) is 12.8 Å². The van der Waals surface area contributed by atoms with Crippen LogP contribution in [0, 0.1) is 5.92 Å². The van der Waals surface area contributed by atoms with Gasteiger partial charge in [-0.3, -0.25) is 0 Å². The first kappa shape index (κ1) is 8.15. The van der Waals surface area contributed by atoms with E-state index in [1.807, 2.05) is 0 Å². The van der Waals surface area contributed by atoms with Crippen LogP contribution in [0.4, 0.5) is 4.79 Å². The molecular formula is C6H8Cl2O2. The van der Waals surface area contributed by atoms with E-state index in [1.165, 1.54) is 6.42 Å². The maximum absolute atomic E-state index is 10.2. The minimum absolute atomic E-state index is 0.323. The van der Waals surface area contributed by atoms with Crippen molar-refractivity contribution in [1.82, 2.24) is 0 Å². The lowest BCUT2D eigenvalue weighted by molar-refractivity contribution is 0.0982. The van der Waals surface area contributed by atoms with Gasteiger partial charge in [-0.25, -0.2) is 4.79 Å². The highest BCUT2D eigenvalue weighted by Gasteiger charge is 2.27. The first-order valence-corrected chi connectivity index (χ1v) is 4.02. The molecule has 2 nitrogen and oxygen atoms in total. The van der Waals surface area contributed by atoms with E-state index in [4.69, 9.17) is 23.2 Å². The summed E-state index contributed by atoms with van der Waals surface area (Å²) in [5.74, 6) is 0.323. The van der Waals surface area contributed by atoms with Gasteiger partial charge in [0.2, 0.25) is 0 Å². The zero-order chi connectivity index (χ0) is 7.56. The van der Waals surface area contributed by atoms with E-state index >= 15 is 0 Å². The molecule has 4 heteroatoms. The number of halogens is 2. The molecule has 1 unspecified atom stereocenters. The number of carbonyl (C=O) groups excluding carboxylic acids is 1. The second-order valence-electron chi connectivity index (χ2n) is 2.40. The molecule has 0 aromatic heterocycles. The molecule has 0 aromatic carbocycles. The molecule has 1 aliphatic carbocycles. The summed E-state index contributed by atoms with van der Waals surface area (Å²) in [7, 11) is 0. The summed E-state index contributed by atoms with van der Waals surface area (Å²) in [4.78, 5) is 10.2. The molecule has 0 N–H and O–H groups in total. The molecule has 10 heavy (non-hydrogen) atoms. The van der Waals surface area contributed by atoms with Gasteiger partial charge in [0.05, 0.1) is 0 Å². The molecule has 0 aromatic rings. The van der Waals surface area contributed by atoms with Crippen molar-refractivity contribution in [3.8, 4) is 0 Å². The summed E-state index contributed by atoms with van der Waals surface area (Å²) >= 11 is 10.6. The van der Waals surface area contributed by atoms with E-state index in [-0.39, 0.29) is 0 Å². The van der Waals surface area contributed by atoms with Gasteiger partial charge in [-0.05, 0) is 12.8 Å². The Labute approximate surface area is 69.4 Å². The van der Waals surface area contributed by atoms with Crippen LogP contribution in [0.2, 0.25) is 0 Å². The Bertz CT molecular complexity index is 134. The lowest BCUT2D eigenvalue weighted by Crippen LogP contribution is -2.25. The highest BCUT2D eigenvalue weighted by molar-refractivity contribution is 6.61. The maximum Gasteiger partial charge on any atom is 0.405 e. The van der Waals surface area contributed by atoms with E-state index in [9.17, 15) is 4.79 Å². The third kappa shape index (κ3) is 2.03. The molecule has 0 aliphatic heterocycles.